The number of methoxy groups -OCH3 is 2. The van der Waals surface area contributed by atoms with Crippen LogP contribution in [0, 0.1) is 6.57 Å². The molecule has 1 N–H and O–H groups in total. The van der Waals surface area contributed by atoms with Crippen LogP contribution in [-0.2, 0) is 4.79 Å². The molecule has 0 aliphatic carbocycles. The number of piperidine rings is 1. The topological polar surface area (TPSA) is 102 Å². The lowest BCUT2D eigenvalue weighted by molar-refractivity contribution is -0.126. The molecule has 1 amide bonds. The zero-order valence-electron chi connectivity index (χ0n) is 17.0. The van der Waals surface area contributed by atoms with Crippen LogP contribution in [0.15, 0.2) is 29.7 Å². The maximum atomic E-state index is 13.1. The Hall–Kier alpha value is -3.71. The number of aromatic amines is 1. The largest absolute Gasteiger partial charge is 0.494 e. The average molecular weight is 437 g/mol. The van der Waals surface area contributed by atoms with Crippen LogP contribution in [-0.4, -0.2) is 58.9 Å². The number of nitrogens with one attached hydrogen (secondary N) is 1. The summed E-state index contributed by atoms with van der Waals surface area (Å²) in [5.41, 5.74) is 3.99. The number of likely N-dealkylation sites (tertiary alicyclic amines) is 1. The number of carbonyl (C=O) groups is 2. The number of nitrogens with zero attached hydrogens (tertiary/aromatic N) is 4. The molecule has 9 nitrogen and oxygen atoms in total. The zero-order chi connectivity index (χ0) is 22.0. The quantitative estimate of drug-likeness (QED) is 0.374. The minimum atomic E-state index is -0.627. The first-order chi connectivity index (χ1) is 15.1. The summed E-state index contributed by atoms with van der Waals surface area (Å²) in [5, 5.41) is 0.464. The highest BCUT2D eigenvalue weighted by molar-refractivity contribution is 7.10. The third-order valence-corrected chi connectivity index (χ3v) is 6.04. The summed E-state index contributed by atoms with van der Waals surface area (Å²) < 4.78 is 10.6. The third-order valence-electron chi connectivity index (χ3n) is 5.26. The predicted octanol–water partition coefficient (Wildman–Crippen LogP) is 3.17. The fraction of sp³-hybridized carbons (Fsp3) is 0.286. The number of aromatic nitrogens is 3. The first kappa shape index (κ1) is 20.6. The van der Waals surface area contributed by atoms with Gasteiger partial charge < -0.3 is 19.4 Å². The Bertz CT molecular complexity index is 1210. The number of thiazole rings is 1. The van der Waals surface area contributed by atoms with Crippen molar-refractivity contribution in [3.05, 3.63) is 51.5 Å². The second-order valence-corrected chi connectivity index (χ2v) is 7.73. The second-order valence-electron chi connectivity index (χ2n) is 6.84. The Morgan fingerprint density at radius 2 is 2.00 bits per heavy atom. The average Bonchev–Trinajstić information content (AvgIpc) is 3.49. The predicted molar refractivity (Wildman–Crippen MR) is 115 cm³/mol. The molecular weight excluding hydrogens is 418 g/mol. The van der Waals surface area contributed by atoms with E-state index in [9.17, 15) is 9.59 Å². The van der Waals surface area contributed by atoms with E-state index in [0.29, 0.717) is 54.2 Å². The van der Waals surface area contributed by atoms with E-state index in [4.69, 9.17) is 16.0 Å². The van der Waals surface area contributed by atoms with Crippen molar-refractivity contribution in [2.75, 3.05) is 27.3 Å². The summed E-state index contributed by atoms with van der Waals surface area (Å²) in [6, 6.07) is 0. The molecule has 1 saturated heterocycles. The van der Waals surface area contributed by atoms with Gasteiger partial charge in [0.25, 0.3) is 11.7 Å². The lowest BCUT2D eigenvalue weighted by Gasteiger charge is -2.28. The van der Waals surface area contributed by atoms with E-state index in [-0.39, 0.29) is 5.56 Å². The van der Waals surface area contributed by atoms with Gasteiger partial charge in [-0.2, -0.15) is 0 Å². The van der Waals surface area contributed by atoms with E-state index in [0.717, 1.165) is 10.5 Å². The SMILES string of the molecule is [C-]#[N+]C(=C1CCN(C(=O)C(=O)c2c[nH]c3c(OC)ncc(OC)c23)CC1)c1cncs1. The molecule has 0 unspecified atom stereocenters. The number of rotatable bonds is 5. The molecule has 1 fully saturated rings. The molecule has 10 heteroatoms. The number of ether oxygens (including phenoxy) is 2. The van der Waals surface area contributed by atoms with Gasteiger partial charge in [-0.25, -0.2) is 9.83 Å². The van der Waals surface area contributed by atoms with E-state index in [2.05, 4.69) is 19.8 Å². The number of pyridine rings is 1. The minimum Gasteiger partial charge on any atom is -0.494 e. The van der Waals surface area contributed by atoms with Crippen LogP contribution in [0.4, 0.5) is 0 Å². The van der Waals surface area contributed by atoms with E-state index in [1.54, 1.807) is 11.7 Å². The van der Waals surface area contributed by atoms with Crippen molar-refractivity contribution in [1.29, 1.82) is 0 Å². The van der Waals surface area contributed by atoms with Gasteiger partial charge in [0.15, 0.2) is 0 Å². The summed E-state index contributed by atoms with van der Waals surface area (Å²) in [7, 11) is 2.95. The molecule has 0 saturated carbocycles. The number of amides is 1. The van der Waals surface area contributed by atoms with Crippen LogP contribution in [0.5, 0.6) is 11.6 Å². The van der Waals surface area contributed by atoms with Gasteiger partial charge >= 0.3 is 0 Å². The van der Waals surface area contributed by atoms with Gasteiger partial charge in [-0.05, 0) is 12.8 Å². The molecule has 0 atom stereocenters. The van der Waals surface area contributed by atoms with Crippen LogP contribution in [0.3, 0.4) is 0 Å². The molecule has 3 aromatic heterocycles. The number of Topliss-reactive ketones (excluding diaryl/α,β-unsaturated/α-hetero) is 1. The number of carbonyl (C=O) groups excluding carboxylic acids is 2. The van der Waals surface area contributed by atoms with Crippen LogP contribution in [0.25, 0.3) is 21.4 Å². The molecule has 158 valence electrons. The molecule has 0 spiro atoms. The van der Waals surface area contributed by atoms with Crippen molar-refractivity contribution >= 4 is 39.6 Å². The summed E-state index contributed by atoms with van der Waals surface area (Å²) in [4.78, 5) is 43.2. The van der Waals surface area contributed by atoms with Crippen molar-refractivity contribution in [3.8, 4) is 11.6 Å². The Morgan fingerprint density at radius 1 is 1.23 bits per heavy atom. The van der Waals surface area contributed by atoms with Gasteiger partial charge in [0.1, 0.15) is 11.3 Å². The van der Waals surface area contributed by atoms with E-state index >= 15 is 0 Å². The Kier molecular flexibility index (Phi) is 5.68. The monoisotopic (exact) mass is 437 g/mol. The molecule has 1 aliphatic heterocycles. The lowest BCUT2D eigenvalue weighted by Crippen LogP contribution is -2.40. The first-order valence-corrected chi connectivity index (χ1v) is 10.4. The second kappa shape index (κ2) is 8.57. The van der Waals surface area contributed by atoms with Crippen molar-refractivity contribution in [2.45, 2.75) is 12.8 Å². The Balaban J connectivity index is 1.57. The van der Waals surface area contributed by atoms with E-state index in [1.807, 2.05) is 0 Å². The molecule has 0 aromatic carbocycles. The lowest BCUT2D eigenvalue weighted by atomic mass is 10.00. The summed E-state index contributed by atoms with van der Waals surface area (Å²) >= 11 is 1.42. The molecular formula is C21H19N5O4S. The molecule has 4 rings (SSSR count). The molecule has 31 heavy (non-hydrogen) atoms. The van der Waals surface area contributed by atoms with Crippen LogP contribution < -0.4 is 9.47 Å². The van der Waals surface area contributed by atoms with Gasteiger partial charge in [-0.3, -0.25) is 14.6 Å². The number of hydrogen-bond acceptors (Lipinski definition) is 7. The molecule has 1 aliphatic rings. The molecule has 0 radical (unpaired) electrons. The van der Waals surface area contributed by atoms with Crippen LogP contribution in [0.2, 0.25) is 0 Å². The normalized spacial score (nSPS) is 13.7. The first-order valence-electron chi connectivity index (χ1n) is 9.49. The van der Waals surface area contributed by atoms with E-state index < -0.39 is 11.7 Å². The molecule has 0 bridgehead atoms. The smallest absolute Gasteiger partial charge is 0.295 e. The summed E-state index contributed by atoms with van der Waals surface area (Å²) in [6.07, 6.45) is 5.71. The third kappa shape index (κ3) is 3.64. The maximum absolute atomic E-state index is 13.1. The minimum absolute atomic E-state index is 0.213. The standard InChI is InChI=1S/C21H19N5O4S/c1-22-17(15-10-23-11-31-15)12-4-6-26(7-5-12)21(28)19(27)13-8-24-18-16(13)14(29-2)9-25-20(18)30-3/h8-11,24H,4-7H2,2-3H3. The maximum Gasteiger partial charge on any atom is 0.295 e. The molecule has 4 heterocycles. The summed E-state index contributed by atoms with van der Waals surface area (Å²) in [6.45, 7) is 8.25. The summed E-state index contributed by atoms with van der Waals surface area (Å²) in [5.74, 6) is -0.522. The fourth-order valence-corrected chi connectivity index (χ4v) is 4.36. The van der Waals surface area contributed by atoms with Crippen LogP contribution >= 0.6 is 11.3 Å². The number of hydrogen-bond donors (Lipinski definition) is 1. The van der Waals surface area contributed by atoms with Gasteiger partial charge in [0, 0.05) is 25.5 Å². The highest BCUT2D eigenvalue weighted by Gasteiger charge is 2.30. The van der Waals surface area contributed by atoms with Gasteiger partial charge in [-0.15, -0.1) is 11.3 Å². The molecule has 3 aromatic rings. The fourth-order valence-electron chi connectivity index (χ4n) is 3.70. The van der Waals surface area contributed by atoms with Crippen molar-refractivity contribution in [1.82, 2.24) is 19.9 Å². The zero-order valence-corrected chi connectivity index (χ0v) is 17.8. The van der Waals surface area contributed by atoms with Gasteiger partial charge in [0.05, 0.1) is 48.3 Å². The van der Waals surface area contributed by atoms with E-state index in [1.165, 1.54) is 42.8 Å². The Morgan fingerprint density at radius 3 is 2.61 bits per heavy atom. The number of H-pyrrole nitrogens is 1. The van der Waals surface area contributed by atoms with Crippen LogP contribution in [0.1, 0.15) is 28.1 Å². The number of ketones is 1. The van der Waals surface area contributed by atoms with Gasteiger partial charge in [0.2, 0.25) is 11.6 Å². The number of fused-ring (bicyclic) bond motifs is 1. The van der Waals surface area contributed by atoms with Crippen molar-refractivity contribution < 1.29 is 19.1 Å². The highest BCUT2D eigenvalue weighted by Crippen LogP contribution is 2.34. The highest BCUT2D eigenvalue weighted by atomic mass is 32.1. The van der Waals surface area contributed by atoms with Crippen molar-refractivity contribution in [2.24, 2.45) is 0 Å². The Labute approximate surface area is 182 Å². The van der Waals surface area contributed by atoms with Gasteiger partial charge in [-0.1, -0.05) is 5.57 Å². The van der Waals surface area contributed by atoms with Crippen molar-refractivity contribution in [3.63, 3.8) is 0 Å².